The van der Waals surface area contributed by atoms with E-state index in [1.807, 2.05) is 16.8 Å². The molecule has 0 spiro atoms. The average molecular weight is 178 g/mol. The van der Waals surface area contributed by atoms with Gasteiger partial charge in [0.1, 0.15) is 5.69 Å². The van der Waals surface area contributed by atoms with Crippen molar-refractivity contribution in [3.63, 3.8) is 0 Å². The lowest BCUT2D eigenvalue weighted by molar-refractivity contribution is -0.686. The molecule has 0 unspecified atom stereocenters. The number of anilines is 1. The number of nitrogens with one attached hydrogen (secondary N) is 1. The summed E-state index contributed by atoms with van der Waals surface area (Å²) in [4.78, 5) is 10.5. The molecule has 1 rings (SSSR count). The molecule has 0 atom stereocenters. The van der Waals surface area contributed by atoms with Gasteiger partial charge in [0.15, 0.2) is 18.9 Å². The quantitative estimate of drug-likeness (QED) is 0.518. The van der Waals surface area contributed by atoms with Crippen LogP contribution in [0.1, 0.15) is 0 Å². The molecule has 0 aromatic carbocycles. The van der Waals surface area contributed by atoms with Gasteiger partial charge < -0.3 is 11.1 Å². The van der Waals surface area contributed by atoms with Gasteiger partial charge in [-0.1, -0.05) is 6.58 Å². The zero-order valence-corrected chi connectivity index (χ0v) is 7.23. The predicted octanol–water partition coefficient (Wildman–Crippen LogP) is 0.651. The third kappa shape index (κ3) is 2.94. The van der Waals surface area contributed by atoms with Crippen LogP contribution in [0.2, 0.25) is 0 Å². The van der Waals surface area contributed by atoms with Gasteiger partial charge >= 0.3 is 6.03 Å². The number of nitrogens with two attached hydrogens (primary N) is 1. The van der Waals surface area contributed by atoms with Crippen molar-refractivity contribution in [2.75, 3.05) is 5.32 Å². The minimum absolute atomic E-state index is 0.559. The third-order valence-corrected chi connectivity index (χ3v) is 1.47. The maximum Gasteiger partial charge on any atom is 0.316 e. The minimum Gasteiger partial charge on any atom is -0.351 e. The fraction of sp³-hybridized carbons (Fsp3) is 0.111. The first kappa shape index (κ1) is 9.25. The molecule has 68 valence electrons. The van der Waals surface area contributed by atoms with Crippen molar-refractivity contribution in [3.05, 3.63) is 37.2 Å². The van der Waals surface area contributed by atoms with Crippen LogP contribution in [0.5, 0.6) is 0 Å². The lowest BCUT2D eigenvalue weighted by Crippen LogP contribution is -2.32. The molecule has 0 aliphatic carbocycles. The summed E-state index contributed by atoms with van der Waals surface area (Å²) >= 11 is 0. The number of hydrogen-bond donors (Lipinski definition) is 2. The van der Waals surface area contributed by atoms with Crippen molar-refractivity contribution in [2.24, 2.45) is 5.73 Å². The highest BCUT2D eigenvalue weighted by Gasteiger charge is 2.01. The normalized spacial score (nSPS) is 9.23. The van der Waals surface area contributed by atoms with E-state index in [2.05, 4.69) is 11.9 Å². The molecule has 4 nitrogen and oxygen atoms in total. The lowest BCUT2D eigenvalue weighted by atomic mass is 10.4. The molecule has 4 heteroatoms. The van der Waals surface area contributed by atoms with E-state index >= 15 is 0 Å². The smallest absolute Gasteiger partial charge is 0.316 e. The van der Waals surface area contributed by atoms with Crippen LogP contribution in [0, 0.1) is 0 Å². The summed E-state index contributed by atoms with van der Waals surface area (Å²) < 4.78 is 1.89. The first-order chi connectivity index (χ1) is 6.22. The molecule has 3 N–H and O–H groups in total. The van der Waals surface area contributed by atoms with E-state index in [0.717, 1.165) is 0 Å². The highest BCUT2D eigenvalue weighted by atomic mass is 16.2. The van der Waals surface area contributed by atoms with Crippen LogP contribution in [0.4, 0.5) is 10.5 Å². The molecular formula is C9H12N3O+. The summed E-state index contributed by atoms with van der Waals surface area (Å²) in [7, 11) is 0. The van der Waals surface area contributed by atoms with Crippen molar-refractivity contribution >= 4 is 11.7 Å². The van der Waals surface area contributed by atoms with Gasteiger partial charge in [0, 0.05) is 6.07 Å². The summed E-state index contributed by atoms with van der Waals surface area (Å²) in [5.41, 5.74) is 5.65. The number of nitrogens with zero attached hydrogens (tertiary/aromatic N) is 1. The van der Waals surface area contributed by atoms with Crippen molar-refractivity contribution in [1.82, 2.24) is 0 Å². The average Bonchev–Trinajstić information content (AvgIpc) is 2.04. The maximum absolute atomic E-state index is 10.5. The number of carbonyl (C=O) groups excluding carboxylic acids is 1. The van der Waals surface area contributed by atoms with Crippen LogP contribution >= 0.6 is 0 Å². The SMILES string of the molecule is C=CC[n+]1cccc(NC(N)=O)c1. The summed E-state index contributed by atoms with van der Waals surface area (Å²) in [6.07, 6.45) is 5.44. The molecule has 0 saturated carbocycles. The fourth-order valence-corrected chi connectivity index (χ4v) is 1.00. The number of pyridine rings is 1. The number of urea groups is 1. The van der Waals surface area contributed by atoms with Crippen molar-refractivity contribution in [1.29, 1.82) is 0 Å². The number of allylic oxidation sites excluding steroid dienone is 1. The first-order valence-electron chi connectivity index (χ1n) is 3.89. The molecule has 0 aliphatic rings. The van der Waals surface area contributed by atoms with Crippen LogP contribution in [-0.4, -0.2) is 6.03 Å². The Morgan fingerprint density at radius 1 is 1.77 bits per heavy atom. The van der Waals surface area contributed by atoms with Crippen LogP contribution < -0.4 is 15.6 Å². The number of aromatic nitrogens is 1. The summed E-state index contributed by atoms with van der Waals surface area (Å²) in [6.45, 7) is 4.32. The molecule has 0 bridgehead atoms. The summed E-state index contributed by atoms with van der Waals surface area (Å²) in [5, 5.41) is 2.49. The number of carbonyl (C=O) groups is 1. The van der Waals surface area contributed by atoms with Crippen LogP contribution in [0.15, 0.2) is 37.2 Å². The molecule has 1 heterocycles. The Hall–Kier alpha value is -1.84. The lowest BCUT2D eigenvalue weighted by Gasteiger charge is -1.98. The van der Waals surface area contributed by atoms with E-state index in [9.17, 15) is 4.79 Å². The molecule has 1 aromatic heterocycles. The van der Waals surface area contributed by atoms with Crippen molar-refractivity contribution in [2.45, 2.75) is 6.54 Å². The molecule has 13 heavy (non-hydrogen) atoms. The number of primary amides is 1. The predicted molar refractivity (Wildman–Crippen MR) is 50.0 cm³/mol. The molecule has 0 radical (unpaired) electrons. The van der Waals surface area contributed by atoms with Gasteiger partial charge in [-0.3, -0.25) is 0 Å². The van der Waals surface area contributed by atoms with Gasteiger partial charge in [-0.25, -0.2) is 4.79 Å². The Morgan fingerprint density at radius 3 is 3.15 bits per heavy atom. The van der Waals surface area contributed by atoms with Crippen LogP contribution in [-0.2, 0) is 6.54 Å². The second kappa shape index (κ2) is 4.25. The fourth-order valence-electron chi connectivity index (χ4n) is 1.00. The third-order valence-electron chi connectivity index (χ3n) is 1.47. The largest absolute Gasteiger partial charge is 0.351 e. The number of hydrogen-bond acceptors (Lipinski definition) is 1. The molecular weight excluding hydrogens is 166 g/mol. The highest BCUT2D eigenvalue weighted by molar-refractivity contribution is 5.87. The number of rotatable bonds is 3. The van der Waals surface area contributed by atoms with Gasteiger partial charge in [-0.2, -0.15) is 4.57 Å². The maximum atomic E-state index is 10.5. The zero-order chi connectivity index (χ0) is 9.68. The van der Waals surface area contributed by atoms with Crippen LogP contribution in [0.25, 0.3) is 0 Å². The zero-order valence-electron chi connectivity index (χ0n) is 7.23. The Balaban J connectivity index is 2.78. The standard InChI is InChI=1S/C9H11N3O/c1-2-5-12-6-3-4-8(7-12)11-9(10)13/h2-4,6-7H,1,5H2,(H2-,10,11,13)/p+1. The molecule has 1 aromatic rings. The van der Waals surface area contributed by atoms with E-state index < -0.39 is 6.03 Å². The summed E-state index contributed by atoms with van der Waals surface area (Å²) in [6, 6.07) is 3.04. The van der Waals surface area contributed by atoms with E-state index in [4.69, 9.17) is 5.73 Å². The van der Waals surface area contributed by atoms with E-state index in [1.165, 1.54) is 0 Å². The van der Waals surface area contributed by atoms with Gasteiger partial charge in [-0.15, -0.1) is 0 Å². The van der Waals surface area contributed by atoms with Gasteiger partial charge in [-0.05, 0) is 12.1 Å². The van der Waals surface area contributed by atoms with Gasteiger partial charge in [0.25, 0.3) is 0 Å². The second-order valence-electron chi connectivity index (χ2n) is 2.57. The monoisotopic (exact) mass is 178 g/mol. The van der Waals surface area contributed by atoms with Crippen molar-refractivity contribution in [3.8, 4) is 0 Å². The van der Waals surface area contributed by atoms with Crippen molar-refractivity contribution < 1.29 is 9.36 Å². The number of amides is 2. The molecule has 0 fully saturated rings. The first-order valence-corrected chi connectivity index (χ1v) is 3.89. The molecule has 0 aliphatic heterocycles. The Bertz CT molecular complexity index is 322. The Kier molecular flexibility index (Phi) is 3.03. The Morgan fingerprint density at radius 2 is 2.54 bits per heavy atom. The molecule has 2 amide bonds. The molecule has 0 saturated heterocycles. The van der Waals surface area contributed by atoms with Gasteiger partial charge in [0.05, 0.1) is 0 Å². The van der Waals surface area contributed by atoms with Gasteiger partial charge in [0.2, 0.25) is 0 Å². The topological polar surface area (TPSA) is 59.0 Å². The Labute approximate surface area is 76.7 Å². The van der Waals surface area contributed by atoms with E-state index in [-0.39, 0.29) is 0 Å². The van der Waals surface area contributed by atoms with E-state index in [1.54, 1.807) is 18.3 Å². The van der Waals surface area contributed by atoms with E-state index in [0.29, 0.717) is 12.2 Å². The second-order valence-corrected chi connectivity index (χ2v) is 2.57. The van der Waals surface area contributed by atoms with Crippen LogP contribution in [0.3, 0.4) is 0 Å². The minimum atomic E-state index is -0.559. The highest BCUT2D eigenvalue weighted by Crippen LogP contribution is 2.00. The summed E-state index contributed by atoms with van der Waals surface area (Å²) in [5.74, 6) is 0.